The number of ether oxygens (including phenoxy) is 1. The van der Waals surface area contributed by atoms with Crippen LogP contribution in [0.1, 0.15) is 47.4 Å². The van der Waals surface area contributed by atoms with E-state index in [2.05, 4.69) is 31.2 Å². The Morgan fingerprint density at radius 3 is 2.78 bits per heavy atom. The number of benzene rings is 2. The topological polar surface area (TPSA) is 86.0 Å². The van der Waals surface area contributed by atoms with Crippen LogP contribution in [0.15, 0.2) is 55.0 Å². The van der Waals surface area contributed by atoms with E-state index in [1.807, 2.05) is 24.4 Å². The fourth-order valence-corrected chi connectivity index (χ4v) is 6.19. The van der Waals surface area contributed by atoms with E-state index in [-0.39, 0.29) is 24.1 Å². The van der Waals surface area contributed by atoms with Gasteiger partial charge in [0.1, 0.15) is 6.04 Å². The van der Waals surface area contributed by atoms with Gasteiger partial charge >= 0.3 is 5.97 Å². The molecule has 0 saturated carbocycles. The molecule has 6 rings (SSSR count). The quantitative estimate of drug-likeness (QED) is 0.340. The van der Waals surface area contributed by atoms with Gasteiger partial charge in [-0.25, -0.2) is 13.8 Å². The maximum absolute atomic E-state index is 14.4. The van der Waals surface area contributed by atoms with Crippen LogP contribution in [0.3, 0.4) is 0 Å². The Labute approximate surface area is 213 Å². The molecule has 2 aliphatic heterocycles. The van der Waals surface area contributed by atoms with E-state index < -0.39 is 17.7 Å². The van der Waals surface area contributed by atoms with Crippen molar-refractivity contribution in [3.63, 3.8) is 0 Å². The first kappa shape index (κ1) is 23.8. The highest BCUT2D eigenvalue weighted by Gasteiger charge is 2.48. The van der Waals surface area contributed by atoms with Crippen LogP contribution in [0.25, 0.3) is 10.9 Å². The first-order chi connectivity index (χ1) is 18.0. The van der Waals surface area contributed by atoms with Crippen molar-refractivity contribution < 1.29 is 18.3 Å². The van der Waals surface area contributed by atoms with E-state index in [0.29, 0.717) is 18.4 Å². The lowest BCUT2D eigenvalue weighted by atomic mass is 9.79. The van der Waals surface area contributed by atoms with E-state index >= 15 is 0 Å². The zero-order chi connectivity index (χ0) is 25.5. The fraction of sp³-hybridized carbons (Fsp3) is 0.357. The standard InChI is InChI=1S/C28H29F2N5O2/c1-37-28(36)26-13-20-19-4-2-3-5-23(19)34-27(20)25-12-18(32-9-8-17-14-31-15-33-17)11-24(35(25)26)16-6-7-21(29)22(30)10-16/h2-7,10,14-15,18,24-26,32,34H,8-9,11-13H2,1H3,(H,31,33)/t18-,24-,25+,26-/m0/s1. The van der Waals surface area contributed by atoms with Crippen LogP contribution in [0.2, 0.25) is 0 Å². The van der Waals surface area contributed by atoms with Gasteiger partial charge in [0, 0.05) is 60.0 Å². The van der Waals surface area contributed by atoms with E-state index in [1.54, 1.807) is 12.4 Å². The van der Waals surface area contributed by atoms with Crippen LogP contribution in [0.4, 0.5) is 8.78 Å². The van der Waals surface area contributed by atoms with Crippen LogP contribution in [0, 0.1) is 11.6 Å². The monoisotopic (exact) mass is 505 g/mol. The number of nitrogens with one attached hydrogen (secondary N) is 3. The first-order valence-electron chi connectivity index (χ1n) is 12.6. The van der Waals surface area contributed by atoms with Gasteiger partial charge in [0.2, 0.25) is 0 Å². The number of aromatic nitrogens is 3. The molecule has 4 aromatic rings. The summed E-state index contributed by atoms with van der Waals surface area (Å²) < 4.78 is 33.5. The summed E-state index contributed by atoms with van der Waals surface area (Å²) in [6.45, 7) is 0.740. The number of aromatic amines is 2. The molecule has 0 bridgehead atoms. The Morgan fingerprint density at radius 1 is 1.16 bits per heavy atom. The second-order valence-electron chi connectivity index (χ2n) is 9.91. The van der Waals surface area contributed by atoms with Gasteiger partial charge in [0.15, 0.2) is 11.6 Å². The van der Waals surface area contributed by atoms with E-state index in [1.165, 1.54) is 19.2 Å². The molecule has 2 aromatic heterocycles. The predicted molar refractivity (Wildman–Crippen MR) is 135 cm³/mol. The van der Waals surface area contributed by atoms with Gasteiger partial charge in [-0.05, 0) is 42.2 Å². The molecule has 7 nitrogen and oxygen atoms in total. The summed E-state index contributed by atoms with van der Waals surface area (Å²) in [5, 5.41) is 4.77. The molecule has 2 aromatic carbocycles. The Morgan fingerprint density at radius 2 is 2.00 bits per heavy atom. The lowest BCUT2D eigenvalue weighted by Gasteiger charge is -2.50. The molecule has 37 heavy (non-hydrogen) atoms. The van der Waals surface area contributed by atoms with Gasteiger partial charge in [0.25, 0.3) is 0 Å². The largest absolute Gasteiger partial charge is 0.468 e. The number of H-pyrrole nitrogens is 2. The molecule has 4 atom stereocenters. The average Bonchev–Trinajstić information content (AvgIpc) is 3.57. The van der Waals surface area contributed by atoms with Crippen molar-refractivity contribution in [2.24, 2.45) is 0 Å². The fourth-order valence-electron chi connectivity index (χ4n) is 6.19. The Hall–Kier alpha value is -3.56. The summed E-state index contributed by atoms with van der Waals surface area (Å²) in [6.07, 6.45) is 6.17. The molecule has 1 saturated heterocycles. The number of piperidine rings is 1. The molecule has 9 heteroatoms. The molecule has 0 unspecified atom stereocenters. The second kappa shape index (κ2) is 9.72. The summed E-state index contributed by atoms with van der Waals surface area (Å²) in [7, 11) is 1.40. The van der Waals surface area contributed by atoms with Gasteiger partial charge < -0.3 is 20.0 Å². The highest BCUT2D eigenvalue weighted by molar-refractivity contribution is 5.87. The molecule has 2 aliphatic rings. The van der Waals surface area contributed by atoms with Crippen LogP contribution >= 0.6 is 0 Å². The molecular weight excluding hydrogens is 476 g/mol. The predicted octanol–water partition coefficient (Wildman–Crippen LogP) is 4.35. The van der Waals surface area contributed by atoms with Gasteiger partial charge in [-0.15, -0.1) is 0 Å². The third-order valence-corrected chi connectivity index (χ3v) is 7.86. The van der Waals surface area contributed by atoms with Crippen LogP contribution in [-0.2, 0) is 22.4 Å². The summed E-state index contributed by atoms with van der Waals surface area (Å²) in [6, 6.07) is 11.3. The summed E-state index contributed by atoms with van der Waals surface area (Å²) >= 11 is 0. The Bertz CT molecular complexity index is 1420. The number of rotatable bonds is 6. The number of fused-ring (bicyclic) bond motifs is 5. The van der Waals surface area contributed by atoms with E-state index in [0.717, 1.165) is 47.2 Å². The van der Waals surface area contributed by atoms with Crippen LogP contribution in [0.5, 0.6) is 0 Å². The zero-order valence-corrected chi connectivity index (χ0v) is 20.5. The van der Waals surface area contributed by atoms with Crippen molar-refractivity contribution in [3.8, 4) is 0 Å². The molecule has 0 amide bonds. The van der Waals surface area contributed by atoms with Crippen molar-refractivity contribution in [1.29, 1.82) is 0 Å². The number of nitrogens with zero attached hydrogens (tertiary/aromatic N) is 2. The first-order valence-corrected chi connectivity index (χ1v) is 12.6. The van der Waals surface area contributed by atoms with Crippen molar-refractivity contribution >= 4 is 16.9 Å². The highest BCUT2D eigenvalue weighted by Crippen LogP contribution is 2.49. The number of hydrogen-bond acceptors (Lipinski definition) is 5. The van der Waals surface area contributed by atoms with Gasteiger partial charge in [-0.1, -0.05) is 24.3 Å². The lowest BCUT2D eigenvalue weighted by molar-refractivity contribution is -0.152. The van der Waals surface area contributed by atoms with Gasteiger partial charge in [-0.3, -0.25) is 9.69 Å². The SMILES string of the molecule is COC(=O)[C@@H]1Cc2c([nH]c3ccccc23)[C@H]2C[C@@H](NCCc3cnc[nH]3)C[C@@H](c3ccc(F)c(F)c3)N21. The average molecular weight is 506 g/mol. The lowest BCUT2D eigenvalue weighted by Crippen LogP contribution is -2.55. The van der Waals surface area contributed by atoms with E-state index in [4.69, 9.17) is 4.74 Å². The van der Waals surface area contributed by atoms with Gasteiger partial charge in [-0.2, -0.15) is 0 Å². The second-order valence-corrected chi connectivity index (χ2v) is 9.91. The molecule has 1 fully saturated rings. The molecule has 192 valence electrons. The number of imidazole rings is 1. The van der Waals surface area contributed by atoms with E-state index in [9.17, 15) is 13.6 Å². The van der Waals surface area contributed by atoms with Crippen LogP contribution in [-0.4, -0.2) is 51.6 Å². The number of hydrogen-bond donors (Lipinski definition) is 3. The molecule has 0 spiro atoms. The summed E-state index contributed by atoms with van der Waals surface area (Å²) in [5.41, 5.74) is 4.92. The molecule has 4 heterocycles. The normalized spacial score (nSPS) is 23.5. The molecule has 3 N–H and O–H groups in total. The highest BCUT2D eigenvalue weighted by atomic mass is 19.2. The van der Waals surface area contributed by atoms with Crippen molar-refractivity contribution in [3.05, 3.63) is 89.1 Å². The summed E-state index contributed by atoms with van der Waals surface area (Å²) in [4.78, 5) is 26.1. The minimum Gasteiger partial charge on any atom is -0.468 e. The number of methoxy groups -OCH3 is 1. The molecule has 0 aliphatic carbocycles. The number of halogens is 2. The number of carbonyl (C=O) groups excluding carboxylic acids is 1. The van der Waals surface area contributed by atoms with Gasteiger partial charge in [0.05, 0.1) is 19.5 Å². The maximum Gasteiger partial charge on any atom is 0.323 e. The van der Waals surface area contributed by atoms with Crippen molar-refractivity contribution in [2.75, 3.05) is 13.7 Å². The smallest absolute Gasteiger partial charge is 0.323 e. The minimum absolute atomic E-state index is 0.0953. The summed E-state index contributed by atoms with van der Waals surface area (Å²) in [5.74, 6) is -2.09. The molecular formula is C28H29F2N5O2. The Balaban J connectivity index is 1.41. The Kier molecular flexibility index (Phi) is 6.26. The number of esters is 1. The number of carbonyl (C=O) groups is 1. The maximum atomic E-state index is 14.4. The zero-order valence-electron chi connectivity index (χ0n) is 20.5. The third kappa shape index (κ3) is 4.32. The third-order valence-electron chi connectivity index (χ3n) is 7.86. The van der Waals surface area contributed by atoms with Crippen LogP contribution < -0.4 is 5.32 Å². The van der Waals surface area contributed by atoms with Crippen molar-refractivity contribution in [1.82, 2.24) is 25.2 Å². The van der Waals surface area contributed by atoms with Crippen molar-refractivity contribution in [2.45, 2.75) is 49.9 Å². The minimum atomic E-state index is -0.888. The number of para-hydroxylation sites is 1. The molecule has 0 radical (unpaired) electrons.